The average Bonchev–Trinajstić information content (AvgIpc) is 2.18. The standard InChI is InChI=1S/C10H23N3O3/c11-5-2-1-4-10(13,9(15)16)7-8(14)3-6-12/h8,14H,1-7,11-13H2,(H,15,16)/t8?,10-/m1/s1. The Morgan fingerprint density at radius 1 is 1.25 bits per heavy atom. The maximum Gasteiger partial charge on any atom is 0.323 e. The Morgan fingerprint density at radius 3 is 2.31 bits per heavy atom. The van der Waals surface area contributed by atoms with Crippen LogP contribution in [-0.2, 0) is 4.79 Å². The van der Waals surface area contributed by atoms with Crippen LogP contribution in [0.1, 0.15) is 32.1 Å². The van der Waals surface area contributed by atoms with Gasteiger partial charge in [-0.1, -0.05) is 0 Å². The molecule has 1 unspecified atom stereocenters. The van der Waals surface area contributed by atoms with Crippen molar-refractivity contribution in [3.63, 3.8) is 0 Å². The minimum absolute atomic E-state index is 0.0318. The molecule has 6 heteroatoms. The zero-order chi connectivity index (χ0) is 12.6. The number of aliphatic carboxylic acids is 1. The molecule has 0 radical (unpaired) electrons. The fourth-order valence-corrected chi connectivity index (χ4v) is 1.60. The monoisotopic (exact) mass is 233 g/mol. The molecule has 0 aliphatic rings. The Morgan fingerprint density at radius 2 is 1.88 bits per heavy atom. The number of carbonyl (C=O) groups is 1. The molecule has 0 bridgehead atoms. The van der Waals surface area contributed by atoms with Crippen LogP contribution in [0, 0.1) is 0 Å². The minimum Gasteiger partial charge on any atom is -0.480 e. The molecule has 96 valence electrons. The molecule has 0 aromatic carbocycles. The van der Waals surface area contributed by atoms with Gasteiger partial charge in [0.15, 0.2) is 0 Å². The Hall–Kier alpha value is -0.690. The summed E-state index contributed by atoms with van der Waals surface area (Å²) in [6, 6.07) is 0. The molecule has 0 rings (SSSR count). The first-order chi connectivity index (χ1) is 7.46. The lowest BCUT2D eigenvalue weighted by Crippen LogP contribution is -2.50. The molecule has 0 heterocycles. The summed E-state index contributed by atoms with van der Waals surface area (Å²) in [7, 11) is 0. The molecule has 0 amide bonds. The predicted molar refractivity (Wildman–Crippen MR) is 61.8 cm³/mol. The number of carboxylic acid groups (broad SMARTS) is 1. The summed E-state index contributed by atoms with van der Waals surface area (Å²) in [6.45, 7) is 0.834. The molecule has 16 heavy (non-hydrogen) atoms. The number of aliphatic hydroxyl groups excluding tert-OH is 1. The van der Waals surface area contributed by atoms with Crippen molar-refractivity contribution in [1.82, 2.24) is 0 Å². The van der Waals surface area contributed by atoms with Crippen molar-refractivity contribution in [3.8, 4) is 0 Å². The van der Waals surface area contributed by atoms with E-state index in [1.807, 2.05) is 0 Å². The topological polar surface area (TPSA) is 136 Å². The fraction of sp³-hybridized carbons (Fsp3) is 0.900. The first-order valence-corrected chi connectivity index (χ1v) is 5.56. The summed E-state index contributed by atoms with van der Waals surface area (Å²) in [5.74, 6) is -1.08. The Balaban J connectivity index is 4.26. The van der Waals surface area contributed by atoms with E-state index in [9.17, 15) is 9.90 Å². The largest absolute Gasteiger partial charge is 0.480 e. The maximum atomic E-state index is 11.1. The van der Waals surface area contributed by atoms with Crippen LogP contribution in [0.5, 0.6) is 0 Å². The number of rotatable bonds is 9. The van der Waals surface area contributed by atoms with E-state index in [-0.39, 0.29) is 6.42 Å². The van der Waals surface area contributed by atoms with Gasteiger partial charge in [-0.25, -0.2) is 0 Å². The average molecular weight is 233 g/mol. The lowest BCUT2D eigenvalue weighted by atomic mass is 9.87. The third-order valence-corrected chi connectivity index (χ3v) is 2.60. The van der Waals surface area contributed by atoms with Crippen molar-refractivity contribution in [3.05, 3.63) is 0 Å². The summed E-state index contributed by atoms with van der Waals surface area (Å²) < 4.78 is 0. The third-order valence-electron chi connectivity index (χ3n) is 2.60. The number of nitrogens with two attached hydrogens (primary N) is 3. The number of carboxylic acids is 1. The van der Waals surface area contributed by atoms with Gasteiger partial charge in [0.2, 0.25) is 0 Å². The second-order valence-corrected chi connectivity index (χ2v) is 4.14. The van der Waals surface area contributed by atoms with Crippen molar-refractivity contribution >= 4 is 5.97 Å². The summed E-state index contributed by atoms with van der Waals surface area (Å²) in [5, 5.41) is 18.6. The quantitative estimate of drug-likeness (QED) is 0.324. The number of unbranched alkanes of at least 4 members (excludes halogenated alkanes) is 1. The van der Waals surface area contributed by atoms with Gasteiger partial charge in [0.1, 0.15) is 5.54 Å². The highest BCUT2D eigenvalue weighted by molar-refractivity contribution is 5.78. The Bertz CT molecular complexity index is 213. The van der Waals surface area contributed by atoms with Crippen molar-refractivity contribution in [1.29, 1.82) is 0 Å². The molecule has 0 fully saturated rings. The Kier molecular flexibility index (Phi) is 7.24. The minimum atomic E-state index is -1.37. The van der Waals surface area contributed by atoms with Crippen molar-refractivity contribution in [2.75, 3.05) is 13.1 Å². The molecule has 0 spiro atoms. The lowest BCUT2D eigenvalue weighted by Gasteiger charge is -2.27. The number of aliphatic hydroxyl groups is 1. The van der Waals surface area contributed by atoms with Crippen LogP contribution >= 0.6 is 0 Å². The van der Waals surface area contributed by atoms with Crippen molar-refractivity contribution in [2.24, 2.45) is 17.2 Å². The van der Waals surface area contributed by atoms with Gasteiger partial charge in [0.25, 0.3) is 0 Å². The van der Waals surface area contributed by atoms with E-state index < -0.39 is 17.6 Å². The first-order valence-electron chi connectivity index (χ1n) is 5.56. The van der Waals surface area contributed by atoms with Crippen LogP contribution in [-0.4, -0.2) is 40.9 Å². The van der Waals surface area contributed by atoms with Crippen LogP contribution in [0.2, 0.25) is 0 Å². The van der Waals surface area contributed by atoms with Gasteiger partial charge in [-0.15, -0.1) is 0 Å². The van der Waals surface area contributed by atoms with E-state index >= 15 is 0 Å². The second kappa shape index (κ2) is 7.56. The van der Waals surface area contributed by atoms with Crippen LogP contribution in [0.15, 0.2) is 0 Å². The summed E-state index contributed by atoms with van der Waals surface area (Å²) in [5.41, 5.74) is 15.0. The normalized spacial score (nSPS) is 16.8. The molecule has 0 aliphatic heterocycles. The van der Waals surface area contributed by atoms with E-state index in [4.69, 9.17) is 22.3 Å². The third kappa shape index (κ3) is 5.41. The van der Waals surface area contributed by atoms with E-state index in [0.29, 0.717) is 32.4 Å². The fourth-order valence-electron chi connectivity index (χ4n) is 1.60. The highest BCUT2D eigenvalue weighted by atomic mass is 16.4. The molecular formula is C10H23N3O3. The van der Waals surface area contributed by atoms with Crippen LogP contribution in [0.25, 0.3) is 0 Å². The number of hydrogen-bond donors (Lipinski definition) is 5. The van der Waals surface area contributed by atoms with Crippen molar-refractivity contribution in [2.45, 2.75) is 43.7 Å². The molecule has 0 aromatic rings. The highest BCUT2D eigenvalue weighted by Gasteiger charge is 2.35. The Labute approximate surface area is 95.8 Å². The molecular weight excluding hydrogens is 210 g/mol. The smallest absolute Gasteiger partial charge is 0.323 e. The van der Waals surface area contributed by atoms with Gasteiger partial charge >= 0.3 is 5.97 Å². The van der Waals surface area contributed by atoms with Gasteiger partial charge in [0, 0.05) is 6.42 Å². The van der Waals surface area contributed by atoms with E-state index in [2.05, 4.69) is 0 Å². The van der Waals surface area contributed by atoms with Gasteiger partial charge in [0.05, 0.1) is 6.10 Å². The second-order valence-electron chi connectivity index (χ2n) is 4.14. The number of hydrogen-bond acceptors (Lipinski definition) is 5. The highest BCUT2D eigenvalue weighted by Crippen LogP contribution is 2.19. The van der Waals surface area contributed by atoms with E-state index in [1.54, 1.807) is 0 Å². The van der Waals surface area contributed by atoms with Crippen LogP contribution < -0.4 is 17.2 Å². The molecule has 0 saturated heterocycles. The molecule has 2 atom stereocenters. The first kappa shape index (κ1) is 15.3. The van der Waals surface area contributed by atoms with Gasteiger partial charge in [-0.3, -0.25) is 4.79 Å². The maximum absolute atomic E-state index is 11.1. The molecule has 0 aromatic heterocycles. The predicted octanol–water partition coefficient (Wildman–Crippen LogP) is -1.00. The van der Waals surface area contributed by atoms with Crippen LogP contribution in [0.4, 0.5) is 0 Å². The van der Waals surface area contributed by atoms with Gasteiger partial charge in [-0.05, 0) is 38.8 Å². The molecule has 0 aliphatic carbocycles. The van der Waals surface area contributed by atoms with E-state index in [1.165, 1.54) is 0 Å². The summed E-state index contributed by atoms with van der Waals surface area (Å²) in [4.78, 5) is 11.1. The zero-order valence-corrected chi connectivity index (χ0v) is 9.56. The van der Waals surface area contributed by atoms with Crippen molar-refractivity contribution < 1.29 is 15.0 Å². The van der Waals surface area contributed by atoms with Crippen LogP contribution in [0.3, 0.4) is 0 Å². The summed E-state index contributed by atoms with van der Waals surface area (Å²) in [6.07, 6.45) is 1.34. The molecule has 8 N–H and O–H groups in total. The lowest BCUT2D eigenvalue weighted by molar-refractivity contribution is -0.145. The van der Waals surface area contributed by atoms with Gasteiger partial charge in [-0.2, -0.15) is 0 Å². The molecule has 0 saturated carbocycles. The SMILES string of the molecule is NCCCC[C@@](N)(CC(O)CCN)C(=O)O. The van der Waals surface area contributed by atoms with E-state index in [0.717, 1.165) is 6.42 Å². The molecule has 6 nitrogen and oxygen atoms in total. The zero-order valence-electron chi connectivity index (χ0n) is 9.56. The van der Waals surface area contributed by atoms with Gasteiger partial charge < -0.3 is 27.4 Å². The summed E-state index contributed by atoms with van der Waals surface area (Å²) >= 11 is 0.